The molecule has 2 aromatic carbocycles. The van der Waals surface area contributed by atoms with Gasteiger partial charge in [0, 0.05) is 12.1 Å². The third-order valence-corrected chi connectivity index (χ3v) is 4.49. The van der Waals surface area contributed by atoms with Crippen molar-refractivity contribution in [3.8, 4) is 0 Å². The number of benzene rings is 2. The third-order valence-electron chi connectivity index (χ3n) is 4.49. The van der Waals surface area contributed by atoms with Gasteiger partial charge in [0.15, 0.2) is 0 Å². The van der Waals surface area contributed by atoms with Gasteiger partial charge >= 0.3 is 18.5 Å². The van der Waals surface area contributed by atoms with Crippen LogP contribution in [-0.2, 0) is 37.0 Å². The van der Waals surface area contributed by atoms with Gasteiger partial charge in [0.2, 0.25) is 0 Å². The van der Waals surface area contributed by atoms with E-state index in [1.165, 1.54) is 6.92 Å². The third kappa shape index (κ3) is 5.45. The zero-order chi connectivity index (χ0) is 23.1. The van der Waals surface area contributed by atoms with Gasteiger partial charge < -0.3 is 11.5 Å². The van der Waals surface area contributed by atoms with Crippen molar-refractivity contribution in [1.29, 1.82) is 0 Å². The summed E-state index contributed by atoms with van der Waals surface area (Å²) in [5.41, 5.74) is 5.72. The van der Waals surface area contributed by atoms with Crippen LogP contribution in [0, 0.1) is 0 Å². The van der Waals surface area contributed by atoms with Crippen LogP contribution in [0.25, 0.3) is 0 Å². The molecule has 0 radical (unpaired) electrons. The predicted molar refractivity (Wildman–Crippen MR) is 91.0 cm³/mol. The normalized spacial score (nSPS) is 15.2. The van der Waals surface area contributed by atoms with Gasteiger partial charge in [0.1, 0.15) is 0 Å². The first-order valence-electron chi connectivity index (χ1n) is 8.43. The molecule has 1 atom stereocenters. The molecule has 0 aromatic heterocycles. The number of alkyl halides is 9. The van der Waals surface area contributed by atoms with Crippen molar-refractivity contribution in [3.05, 3.63) is 69.8 Å². The van der Waals surface area contributed by atoms with Crippen molar-refractivity contribution in [2.75, 3.05) is 0 Å². The van der Waals surface area contributed by atoms with Crippen LogP contribution in [-0.4, -0.2) is 0 Å². The Balaban J connectivity index is 2.53. The van der Waals surface area contributed by atoms with Crippen LogP contribution < -0.4 is 11.5 Å². The van der Waals surface area contributed by atoms with Crippen molar-refractivity contribution >= 4 is 0 Å². The molecule has 2 nitrogen and oxygen atoms in total. The van der Waals surface area contributed by atoms with Crippen LogP contribution in [0.1, 0.15) is 40.3 Å². The Morgan fingerprint density at radius 2 is 1.17 bits per heavy atom. The first-order valence-corrected chi connectivity index (χ1v) is 8.43. The van der Waals surface area contributed by atoms with E-state index in [2.05, 4.69) is 0 Å². The smallest absolute Gasteiger partial charge is 0.326 e. The van der Waals surface area contributed by atoms with Crippen molar-refractivity contribution in [3.63, 3.8) is 0 Å². The summed E-state index contributed by atoms with van der Waals surface area (Å²) in [5, 5.41) is 0. The Hall–Kier alpha value is -2.27. The average molecular weight is 444 g/mol. The van der Waals surface area contributed by atoms with Crippen molar-refractivity contribution < 1.29 is 39.5 Å². The molecule has 0 saturated heterocycles. The minimum Gasteiger partial charge on any atom is -0.326 e. The maximum atomic E-state index is 13.0. The molecule has 2 rings (SSSR count). The first kappa shape index (κ1) is 24.0. The largest absolute Gasteiger partial charge is 0.416 e. The first-order chi connectivity index (χ1) is 13.4. The van der Waals surface area contributed by atoms with Gasteiger partial charge in [-0.25, -0.2) is 0 Å². The Kier molecular flexibility index (Phi) is 6.22. The lowest BCUT2D eigenvalue weighted by Gasteiger charge is -2.29. The van der Waals surface area contributed by atoms with Gasteiger partial charge in [-0.1, -0.05) is 6.07 Å². The monoisotopic (exact) mass is 444 g/mol. The lowest BCUT2D eigenvalue weighted by molar-refractivity contribution is -0.143. The van der Waals surface area contributed by atoms with E-state index in [4.69, 9.17) is 11.5 Å². The van der Waals surface area contributed by atoms with E-state index in [-0.39, 0.29) is 29.3 Å². The van der Waals surface area contributed by atoms with Crippen molar-refractivity contribution in [1.82, 2.24) is 0 Å². The van der Waals surface area contributed by atoms with E-state index in [1.54, 1.807) is 0 Å². The second kappa shape index (κ2) is 7.77. The lowest BCUT2D eigenvalue weighted by Crippen LogP contribution is -2.37. The molecule has 0 aliphatic carbocycles. The Morgan fingerprint density at radius 3 is 1.57 bits per heavy atom. The molecule has 30 heavy (non-hydrogen) atoms. The molecule has 0 heterocycles. The molecular weight excluding hydrogens is 427 g/mol. The summed E-state index contributed by atoms with van der Waals surface area (Å²) in [5.74, 6) is 0. The maximum absolute atomic E-state index is 13.0. The van der Waals surface area contributed by atoms with E-state index in [9.17, 15) is 39.5 Å². The van der Waals surface area contributed by atoms with E-state index in [1.807, 2.05) is 0 Å². The van der Waals surface area contributed by atoms with Gasteiger partial charge in [0.25, 0.3) is 0 Å². The summed E-state index contributed by atoms with van der Waals surface area (Å²) in [6.45, 7) is 0.935. The number of halogens is 9. The molecule has 2 aromatic rings. The predicted octanol–water partition coefficient (Wildman–Crippen LogP) is 5.62. The zero-order valence-electron chi connectivity index (χ0n) is 15.4. The number of nitrogens with two attached hydrogens (primary N) is 2. The van der Waals surface area contributed by atoms with Crippen molar-refractivity contribution in [2.24, 2.45) is 11.5 Å². The molecule has 166 valence electrons. The molecule has 0 fully saturated rings. The molecular formula is C19H17F9N2. The fraction of sp³-hybridized carbons (Fsp3) is 0.368. The summed E-state index contributed by atoms with van der Waals surface area (Å²) in [6, 6.07) is 3.57. The molecule has 0 bridgehead atoms. The average Bonchev–Trinajstić information content (AvgIpc) is 2.58. The Morgan fingerprint density at radius 1 is 0.700 bits per heavy atom. The summed E-state index contributed by atoms with van der Waals surface area (Å²) in [7, 11) is 0. The second-order valence-electron chi connectivity index (χ2n) is 7.08. The zero-order valence-corrected chi connectivity index (χ0v) is 15.4. The molecule has 0 aliphatic heterocycles. The maximum Gasteiger partial charge on any atom is 0.416 e. The summed E-state index contributed by atoms with van der Waals surface area (Å²) in [4.78, 5) is 0. The number of rotatable bonds is 4. The van der Waals surface area contributed by atoms with Crippen LogP contribution in [0.5, 0.6) is 0 Å². The van der Waals surface area contributed by atoms with E-state index in [0.717, 1.165) is 18.2 Å². The van der Waals surface area contributed by atoms with E-state index in [0.29, 0.717) is 12.1 Å². The minimum atomic E-state index is -5.03. The molecule has 11 heteroatoms. The van der Waals surface area contributed by atoms with Gasteiger partial charge in [-0.3, -0.25) is 0 Å². The van der Waals surface area contributed by atoms with Gasteiger partial charge in [-0.2, -0.15) is 39.5 Å². The summed E-state index contributed by atoms with van der Waals surface area (Å²) >= 11 is 0. The van der Waals surface area contributed by atoms with E-state index >= 15 is 0 Å². The van der Waals surface area contributed by atoms with E-state index < -0.39 is 47.2 Å². The van der Waals surface area contributed by atoms with Crippen LogP contribution in [0.15, 0.2) is 36.4 Å². The fourth-order valence-corrected chi connectivity index (χ4v) is 3.14. The molecule has 4 N–H and O–H groups in total. The molecule has 0 saturated carbocycles. The topological polar surface area (TPSA) is 52.0 Å². The highest BCUT2D eigenvalue weighted by molar-refractivity contribution is 5.40. The summed E-state index contributed by atoms with van der Waals surface area (Å²) in [6.07, 6.45) is -15.2. The quantitative estimate of drug-likeness (QED) is 0.602. The van der Waals surface area contributed by atoms with Gasteiger partial charge in [-0.15, -0.1) is 0 Å². The highest BCUT2D eigenvalue weighted by atomic mass is 19.4. The lowest BCUT2D eigenvalue weighted by atomic mass is 9.82. The standard InChI is InChI=1S/C19H17F9N2/c1-16(30,15-3-2-12(17(20,21)22)6-11(15)9-29)8-10-4-13(18(23,24)25)7-14(5-10)19(26,27)28/h2-7H,8-9,29-30H2,1H3. The second-order valence-corrected chi connectivity index (χ2v) is 7.08. The highest BCUT2D eigenvalue weighted by Gasteiger charge is 2.38. The molecule has 1 unspecified atom stereocenters. The van der Waals surface area contributed by atoms with Crippen LogP contribution >= 0.6 is 0 Å². The van der Waals surface area contributed by atoms with Crippen molar-refractivity contribution in [2.45, 2.75) is 44.0 Å². The molecule has 0 spiro atoms. The van der Waals surface area contributed by atoms with Crippen LogP contribution in [0.2, 0.25) is 0 Å². The fourth-order valence-electron chi connectivity index (χ4n) is 3.14. The van der Waals surface area contributed by atoms with Gasteiger partial charge in [-0.05, 0) is 60.4 Å². The highest BCUT2D eigenvalue weighted by Crippen LogP contribution is 2.38. The Labute approximate surface area is 165 Å². The number of hydrogen-bond acceptors (Lipinski definition) is 2. The Bertz CT molecular complexity index is 877. The number of hydrogen-bond donors (Lipinski definition) is 2. The molecule has 0 amide bonds. The minimum absolute atomic E-state index is 0.0131. The summed E-state index contributed by atoms with van der Waals surface area (Å²) < 4.78 is 117. The van der Waals surface area contributed by atoms with Crippen LogP contribution in [0.3, 0.4) is 0 Å². The van der Waals surface area contributed by atoms with Crippen LogP contribution in [0.4, 0.5) is 39.5 Å². The molecule has 0 aliphatic rings. The SMILES string of the molecule is CC(N)(Cc1cc(C(F)(F)F)cc(C(F)(F)F)c1)c1ccc(C(F)(F)F)cc1CN. The van der Waals surface area contributed by atoms with Gasteiger partial charge in [0.05, 0.1) is 16.7 Å².